The highest BCUT2D eigenvalue weighted by Crippen LogP contribution is 2.06. The third-order valence-electron chi connectivity index (χ3n) is 1.98. The molecular weight excluding hydrogens is 313 g/mol. The monoisotopic (exact) mass is 333 g/mol. The van der Waals surface area contributed by atoms with Crippen molar-refractivity contribution in [2.75, 3.05) is 7.18 Å². The topological polar surface area (TPSA) is 104 Å². The molecule has 2 aromatic rings. The van der Waals surface area contributed by atoms with Crippen molar-refractivity contribution < 1.29 is 37.7 Å². The minimum absolute atomic E-state index is 0.111. The molecule has 2 aromatic heterocycles. The van der Waals surface area contributed by atoms with Gasteiger partial charge in [-0.2, -0.15) is 0 Å². The lowest BCUT2D eigenvalue weighted by atomic mass is 10.2. The zero-order valence-corrected chi connectivity index (χ0v) is 12.9. The Balaban J connectivity index is 0. The fourth-order valence-electron chi connectivity index (χ4n) is 1.14. The molecule has 2 heterocycles. The van der Waals surface area contributed by atoms with Gasteiger partial charge in [-0.05, 0) is 24.3 Å². The molecule has 0 aliphatic rings. The van der Waals surface area contributed by atoms with Crippen molar-refractivity contribution in [2.45, 2.75) is 26.6 Å². The van der Waals surface area contributed by atoms with E-state index < -0.39 is 0 Å². The molecule has 9 heteroatoms. The number of alkyl halides is 1. The van der Waals surface area contributed by atoms with Crippen molar-refractivity contribution in [3.63, 3.8) is 0 Å². The van der Waals surface area contributed by atoms with Crippen LogP contribution in [-0.2, 0) is 19.8 Å². The third-order valence-corrected chi connectivity index (χ3v) is 1.98. The van der Waals surface area contributed by atoms with Crippen molar-refractivity contribution in [1.29, 1.82) is 0 Å². The molecule has 0 saturated heterocycles. The third kappa shape index (κ3) is 11.3. The fourth-order valence-corrected chi connectivity index (χ4v) is 1.14. The Morgan fingerprint density at radius 1 is 0.957 bits per heavy atom. The summed E-state index contributed by atoms with van der Waals surface area (Å²) in [5, 5.41) is 25.4. The maximum atomic E-state index is 10.2. The van der Waals surface area contributed by atoms with Crippen LogP contribution in [0.25, 0.3) is 0 Å². The summed E-state index contributed by atoms with van der Waals surface area (Å²) < 4.78 is 29.3. The average molecular weight is 333 g/mol. The molecule has 0 amide bonds. The van der Waals surface area contributed by atoms with E-state index in [2.05, 4.69) is 0 Å². The summed E-state index contributed by atoms with van der Waals surface area (Å²) in [6, 6.07) is 6.33. The van der Waals surface area contributed by atoms with Crippen LogP contribution < -0.4 is 0 Å². The van der Waals surface area contributed by atoms with Crippen molar-refractivity contribution in [2.24, 2.45) is 0 Å². The molecule has 0 fully saturated rings. The Labute approximate surface area is 133 Å². The van der Waals surface area contributed by atoms with Crippen molar-refractivity contribution in [3.8, 4) is 0 Å². The molecule has 0 aliphatic heterocycles. The molecule has 6 nitrogen and oxygen atoms in total. The molecule has 0 saturated carbocycles. The maximum absolute atomic E-state index is 10.2. The summed E-state index contributed by atoms with van der Waals surface area (Å²) in [5.74, 6) is 1.63. The van der Waals surface area contributed by atoms with Crippen LogP contribution in [0.2, 0.25) is 6.82 Å². The van der Waals surface area contributed by atoms with E-state index in [4.69, 9.17) is 24.2 Å². The first-order valence-electron chi connectivity index (χ1n) is 6.35. The van der Waals surface area contributed by atoms with Gasteiger partial charge < -0.3 is 28.5 Å². The van der Waals surface area contributed by atoms with E-state index in [0.717, 1.165) is 0 Å². The molecule has 1 radical (unpaired) electrons. The Morgan fingerprint density at radius 3 is 1.52 bits per heavy atom. The molecular formula is C14H20BF2O6. The highest BCUT2D eigenvalue weighted by molar-refractivity contribution is 6.23. The Kier molecular flexibility index (Phi) is 16.6. The summed E-state index contributed by atoms with van der Waals surface area (Å²) in [6.07, 6.45) is 0.596. The molecule has 2 rings (SSSR count). The van der Waals surface area contributed by atoms with E-state index in [1.165, 1.54) is 12.9 Å². The molecule has 0 bridgehead atoms. The van der Waals surface area contributed by atoms with E-state index in [-0.39, 0.29) is 25.6 Å². The highest BCUT2D eigenvalue weighted by atomic mass is 19.1. The predicted molar refractivity (Wildman–Crippen MR) is 80.3 cm³/mol. The highest BCUT2D eigenvalue weighted by Gasteiger charge is 1.97. The van der Waals surface area contributed by atoms with Crippen LogP contribution in [0.4, 0.5) is 8.71 Å². The number of aldehydes is 1. The zero-order valence-electron chi connectivity index (χ0n) is 12.9. The number of furan rings is 2. The van der Waals surface area contributed by atoms with Gasteiger partial charge >= 0.3 is 7.56 Å². The van der Waals surface area contributed by atoms with Gasteiger partial charge in [0.05, 0.1) is 7.18 Å². The number of aliphatic hydroxyl groups is 3. The van der Waals surface area contributed by atoms with Crippen molar-refractivity contribution in [3.05, 3.63) is 47.3 Å². The standard InChI is InChI=1S/C6H8O3.C6H6O3.CH3BF.CH3F/c2*7-3-5-1-2-6(4-8)9-5;1-2-3;1-2/h1-2,7-8H,3-4H2;1-3,8H,4H2;1H3;1H3. The van der Waals surface area contributed by atoms with Gasteiger partial charge in [-0.25, -0.2) is 0 Å². The van der Waals surface area contributed by atoms with E-state index in [1.54, 1.807) is 18.2 Å². The number of hydrogen-bond donors (Lipinski definition) is 3. The summed E-state index contributed by atoms with van der Waals surface area (Å²) in [7, 11) is 1.00. The smallest absolute Gasteiger partial charge is 0.351 e. The number of carbonyl (C=O) groups excluding carboxylic acids is 1. The van der Waals surface area contributed by atoms with Gasteiger partial charge in [-0.1, -0.05) is 6.82 Å². The van der Waals surface area contributed by atoms with E-state index in [1.807, 2.05) is 0 Å². The van der Waals surface area contributed by atoms with E-state index >= 15 is 0 Å². The first-order chi connectivity index (χ1) is 11.1. The van der Waals surface area contributed by atoms with Gasteiger partial charge in [-0.15, -0.1) is 0 Å². The summed E-state index contributed by atoms with van der Waals surface area (Å²) in [4.78, 5) is 9.96. The van der Waals surface area contributed by atoms with E-state index in [0.29, 0.717) is 38.3 Å². The lowest BCUT2D eigenvalue weighted by Crippen LogP contribution is -1.76. The van der Waals surface area contributed by atoms with Crippen LogP contribution in [0.15, 0.2) is 33.1 Å². The van der Waals surface area contributed by atoms with Crippen LogP contribution in [0.3, 0.4) is 0 Å². The van der Waals surface area contributed by atoms with Gasteiger partial charge in [0, 0.05) is 0 Å². The summed E-state index contributed by atoms with van der Waals surface area (Å²) in [6.45, 7) is 0.952. The van der Waals surface area contributed by atoms with Crippen LogP contribution in [0, 0.1) is 0 Å². The van der Waals surface area contributed by atoms with Gasteiger partial charge in [0.15, 0.2) is 12.0 Å². The molecule has 0 aromatic carbocycles. The number of halogens is 2. The second-order valence-corrected chi connectivity index (χ2v) is 3.48. The maximum Gasteiger partial charge on any atom is 0.351 e. The van der Waals surface area contributed by atoms with Crippen LogP contribution in [0.1, 0.15) is 27.8 Å². The van der Waals surface area contributed by atoms with Crippen LogP contribution in [-0.4, -0.2) is 36.3 Å². The molecule has 0 unspecified atom stereocenters. The van der Waals surface area contributed by atoms with Gasteiger partial charge in [-0.3, -0.25) is 9.18 Å². The largest absolute Gasteiger partial charge is 0.461 e. The predicted octanol–water partition coefficient (Wildman–Crippen LogP) is 2.06. The minimum Gasteiger partial charge on any atom is -0.461 e. The number of hydrogen-bond acceptors (Lipinski definition) is 6. The normalized spacial score (nSPS) is 8.48. The number of aliphatic hydroxyl groups excluding tert-OH is 3. The lowest BCUT2D eigenvalue weighted by Gasteiger charge is -1.86. The van der Waals surface area contributed by atoms with E-state index in [9.17, 15) is 13.5 Å². The molecule has 129 valence electrons. The lowest BCUT2D eigenvalue weighted by molar-refractivity contribution is 0.109. The van der Waals surface area contributed by atoms with Crippen LogP contribution in [0.5, 0.6) is 0 Å². The SMILES string of the molecule is CF.C[B]F.O=Cc1ccc(CO)o1.OCc1ccc(CO)o1. The van der Waals surface area contributed by atoms with Crippen molar-refractivity contribution >= 4 is 13.8 Å². The van der Waals surface area contributed by atoms with Gasteiger partial charge in [0.25, 0.3) is 0 Å². The molecule has 0 atom stereocenters. The van der Waals surface area contributed by atoms with Crippen molar-refractivity contribution in [1.82, 2.24) is 0 Å². The Hall–Kier alpha value is -1.97. The van der Waals surface area contributed by atoms with Gasteiger partial charge in [0.2, 0.25) is 0 Å². The molecule has 0 aliphatic carbocycles. The molecule has 0 spiro atoms. The number of carbonyl (C=O) groups is 1. The fraction of sp³-hybridized carbons (Fsp3) is 0.357. The Bertz CT molecular complexity index is 482. The molecule has 23 heavy (non-hydrogen) atoms. The molecule has 3 N–H and O–H groups in total. The first kappa shape index (κ1) is 23.3. The second-order valence-electron chi connectivity index (χ2n) is 3.48. The number of rotatable bonds is 4. The first-order valence-corrected chi connectivity index (χ1v) is 6.35. The van der Waals surface area contributed by atoms with Gasteiger partial charge in [0.1, 0.15) is 37.1 Å². The average Bonchev–Trinajstić information content (AvgIpc) is 3.26. The zero-order chi connectivity index (χ0) is 18.1. The second kappa shape index (κ2) is 16.4. The quantitative estimate of drug-likeness (QED) is 0.584. The Morgan fingerprint density at radius 2 is 1.30 bits per heavy atom. The summed E-state index contributed by atoms with van der Waals surface area (Å²) in [5.41, 5.74) is 0. The van der Waals surface area contributed by atoms with Crippen LogP contribution >= 0.6 is 0 Å². The minimum atomic E-state index is -0.159. The summed E-state index contributed by atoms with van der Waals surface area (Å²) >= 11 is 0.